The maximum absolute atomic E-state index is 5.94. The molecule has 3 heteroatoms. The van der Waals surface area contributed by atoms with Crippen LogP contribution in [0.3, 0.4) is 0 Å². The monoisotopic (exact) mass is 286 g/mol. The predicted molar refractivity (Wildman–Crippen MR) is 86.8 cm³/mol. The van der Waals surface area contributed by atoms with E-state index in [0.29, 0.717) is 6.61 Å². The molecule has 0 fully saturated rings. The molecule has 0 aliphatic carbocycles. The number of rotatable bonds is 3. The standard InChI is InChI=1S/C18H26N2O/c1-17(2,3)14-8-7-9-19-16(14)21-12-13-10-15(20-11-13)18(4,5)6/h7-11,20H,12H2,1-6H3. The third-order valence-electron chi connectivity index (χ3n) is 3.51. The minimum absolute atomic E-state index is 0.0261. The molecule has 0 aromatic carbocycles. The Kier molecular flexibility index (Phi) is 4.13. The van der Waals surface area contributed by atoms with Crippen LogP contribution in [0.2, 0.25) is 0 Å². The van der Waals surface area contributed by atoms with Crippen molar-refractivity contribution in [2.75, 3.05) is 0 Å². The Hall–Kier alpha value is -1.77. The van der Waals surface area contributed by atoms with Crippen molar-refractivity contribution in [1.29, 1.82) is 0 Å². The van der Waals surface area contributed by atoms with Crippen LogP contribution >= 0.6 is 0 Å². The SMILES string of the molecule is CC(C)(C)c1cc(COc2ncccc2C(C)(C)C)c[nH]1. The Morgan fingerprint density at radius 3 is 2.38 bits per heavy atom. The fourth-order valence-electron chi connectivity index (χ4n) is 2.18. The van der Waals surface area contributed by atoms with Crippen molar-refractivity contribution in [2.24, 2.45) is 0 Å². The van der Waals surface area contributed by atoms with E-state index in [-0.39, 0.29) is 10.8 Å². The molecule has 0 atom stereocenters. The van der Waals surface area contributed by atoms with Crippen LogP contribution in [0.15, 0.2) is 30.6 Å². The fourth-order valence-corrected chi connectivity index (χ4v) is 2.18. The van der Waals surface area contributed by atoms with Gasteiger partial charge < -0.3 is 9.72 Å². The summed E-state index contributed by atoms with van der Waals surface area (Å²) >= 11 is 0. The lowest BCUT2D eigenvalue weighted by molar-refractivity contribution is 0.285. The van der Waals surface area contributed by atoms with E-state index in [2.05, 4.69) is 63.6 Å². The zero-order valence-corrected chi connectivity index (χ0v) is 13.9. The van der Waals surface area contributed by atoms with Gasteiger partial charge >= 0.3 is 0 Å². The van der Waals surface area contributed by atoms with E-state index in [1.807, 2.05) is 12.3 Å². The van der Waals surface area contributed by atoms with Gasteiger partial charge in [0.15, 0.2) is 0 Å². The molecular weight excluding hydrogens is 260 g/mol. The van der Waals surface area contributed by atoms with Crippen molar-refractivity contribution in [3.05, 3.63) is 47.4 Å². The molecule has 2 heterocycles. The van der Waals surface area contributed by atoms with Gasteiger partial charge in [0.25, 0.3) is 0 Å². The number of ether oxygens (including phenoxy) is 1. The smallest absolute Gasteiger partial charge is 0.217 e. The van der Waals surface area contributed by atoms with Crippen molar-refractivity contribution >= 4 is 0 Å². The topological polar surface area (TPSA) is 37.9 Å². The highest BCUT2D eigenvalue weighted by Gasteiger charge is 2.20. The van der Waals surface area contributed by atoms with Crippen LogP contribution in [0.1, 0.15) is 58.4 Å². The molecule has 0 aliphatic rings. The van der Waals surface area contributed by atoms with Gasteiger partial charge in [-0.3, -0.25) is 0 Å². The minimum atomic E-state index is 0.0261. The summed E-state index contributed by atoms with van der Waals surface area (Å²) < 4.78 is 5.94. The van der Waals surface area contributed by atoms with Crippen LogP contribution in [0, 0.1) is 0 Å². The summed E-state index contributed by atoms with van der Waals surface area (Å²) in [5.41, 5.74) is 3.65. The average molecular weight is 286 g/mol. The van der Waals surface area contributed by atoms with Crippen molar-refractivity contribution in [3.63, 3.8) is 0 Å². The molecule has 0 bridgehead atoms. The van der Waals surface area contributed by atoms with Crippen LogP contribution in [0.4, 0.5) is 0 Å². The van der Waals surface area contributed by atoms with Crippen LogP contribution in [0.25, 0.3) is 0 Å². The first kappa shape index (κ1) is 15.6. The van der Waals surface area contributed by atoms with Gasteiger partial charge in [0, 0.05) is 34.6 Å². The number of aromatic amines is 1. The summed E-state index contributed by atoms with van der Waals surface area (Å²) in [6.07, 6.45) is 3.79. The Bertz CT molecular complexity index is 600. The van der Waals surface area contributed by atoms with Crippen LogP contribution in [-0.2, 0) is 17.4 Å². The molecule has 2 aromatic heterocycles. The maximum Gasteiger partial charge on any atom is 0.217 e. The number of H-pyrrole nitrogens is 1. The van der Waals surface area contributed by atoms with Crippen molar-refractivity contribution in [1.82, 2.24) is 9.97 Å². The largest absolute Gasteiger partial charge is 0.473 e. The summed E-state index contributed by atoms with van der Waals surface area (Å²) in [4.78, 5) is 7.71. The van der Waals surface area contributed by atoms with Crippen molar-refractivity contribution < 1.29 is 4.74 Å². The minimum Gasteiger partial charge on any atom is -0.473 e. The molecule has 0 amide bonds. The number of aromatic nitrogens is 2. The first-order valence-corrected chi connectivity index (χ1v) is 7.44. The second-order valence-electron chi connectivity index (χ2n) is 7.57. The molecule has 0 saturated heterocycles. The van der Waals surface area contributed by atoms with Crippen LogP contribution in [-0.4, -0.2) is 9.97 Å². The zero-order valence-electron chi connectivity index (χ0n) is 13.9. The predicted octanol–water partition coefficient (Wildman–Crippen LogP) is 4.58. The number of hydrogen-bond acceptors (Lipinski definition) is 2. The maximum atomic E-state index is 5.94. The third kappa shape index (κ3) is 3.87. The summed E-state index contributed by atoms with van der Waals surface area (Å²) in [6.45, 7) is 13.6. The molecule has 2 aromatic rings. The van der Waals surface area contributed by atoms with Crippen LogP contribution < -0.4 is 4.74 Å². The van der Waals surface area contributed by atoms with E-state index < -0.39 is 0 Å². The highest BCUT2D eigenvalue weighted by Crippen LogP contribution is 2.30. The summed E-state index contributed by atoms with van der Waals surface area (Å²) in [7, 11) is 0. The highest BCUT2D eigenvalue weighted by molar-refractivity contribution is 5.32. The van der Waals surface area contributed by atoms with E-state index in [4.69, 9.17) is 4.74 Å². The van der Waals surface area contributed by atoms with E-state index in [0.717, 1.165) is 17.0 Å². The Morgan fingerprint density at radius 1 is 1.10 bits per heavy atom. The second kappa shape index (κ2) is 5.55. The van der Waals surface area contributed by atoms with E-state index in [1.165, 1.54) is 5.69 Å². The Balaban J connectivity index is 2.12. The quantitative estimate of drug-likeness (QED) is 0.896. The number of pyridine rings is 1. The molecule has 3 nitrogen and oxygen atoms in total. The van der Waals surface area contributed by atoms with Gasteiger partial charge in [0.1, 0.15) is 6.61 Å². The number of nitrogens with zero attached hydrogens (tertiary/aromatic N) is 1. The average Bonchev–Trinajstić information content (AvgIpc) is 2.84. The Morgan fingerprint density at radius 2 is 1.81 bits per heavy atom. The lowest BCUT2D eigenvalue weighted by Gasteiger charge is -2.21. The van der Waals surface area contributed by atoms with Gasteiger partial charge in [-0.1, -0.05) is 47.6 Å². The van der Waals surface area contributed by atoms with Gasteiger partial charge in [0.05, 0.1) is 0 Å². The van der Waals surface area contributed by atoms with Gasteiger partial charge in [0.2, 0.25) is 5.88 Å². The third-order valence-corrected chi connectivity index (χ3v) is 3.51. The molecule has 0 spiro atoms. The number of hydrogen-bond donors (Lipinski definition) is 1. The van der Waals surface area contributed by atoms with Crippen molar-refractivity contribution in [3.8, 4) is 5.88 Å². The summed E-state index contributed by atoms with van der Waals surface area (Å²) in [6, 6.07) is 6.21. The van der Waals surface area contributed by atoms with Crippen LogP contribution in [0.5, 0.6) is 5.88 Å². The van der Waals surface area contributed by atoms with E-state index in [1.54, 1.807) is 6.20 Å². The lowest BCUT2D eigenvalue weighted by atomic mass is 9.88. The van der Waals surface area contributed by atoms with Gasteiger partial charge in [-0.05, 0) is 17.5 Å². The second-order valence-corrected chi connectivity index (χ2v) is 7.57. The van der Waals surface area contributed by atoms with Gasteiger partial charge in [-0.2, -0.15) is 0 Å². The fraction of sp³-hybridized carbons (Fsp3) is 0.500. The van der Waals surface area contributed by atoms with E-state index >= 15 is 0 Å². The molecule has 0 radical (unpaired) electrons. The zero-order chi connectivity index (χ0) is 15.7. The molecule has 2 rings (SSSR count). The molecule has 1 N–H and O–H groups in total. The van der Waals surface area contributed by atoms with Gasteiger partial charge in [-0.15, -0.1) is 0 Å². The van der Waals surface area contributed by atoms with Crippen molar-refractivity contribution in [2.45, 2.75) is 59.0 Å². The summed E-state index contributed by atoms with van der Waals surface area (Å²) in [5, 5.41) is 0. The Labute approximate surface area is 127 Å². The first-order chi connectivity index (χ1) is 9.68. The van der Waals surface area contributed by atoms with Gasteiger partial charge in [-0.25, -0.2) is 4.98 Å². The molecule has 0 unspecified atom stereocenters. The van der Waals surface area contributed by atoms with E-state index in [9.17, 15) is 0 Å². The number of nitrogens with one attached hydrogen (secondary N) is 1. The molecule has 0 aliphatic heterocycles. The normalized spacial score (nSPS) is 12.5. The molecule has 0 saturated carbocycles. The molecule has 21 heavy (non-hydrogen) atoms. The molecular formula is C18H26N2O. The summed E-state index contributed by atoms with van der Waals surface area (Å²) in [5.74, 6) is 0.725. The highest BCUT2D eigenvalue weighted by atomic mass is 16.5. The molecule has 114 valence electrons. The first-order valence-electron chi connectivity index (χ1n) is 7.44. The lowest BCUT2D eigenvalue weighted by Crippen LogP contribution is -2.14.